The molecule has 0 spiro atoms. The molecule has 0 atom stereocenters. The second kappa shape index (κ2) is 14.0. The Morgan fingerprint density at radius 1 is 1.26 bits per heavy atom. The van der Waals surface area contributed by atoms with Crippen molar-refractivity contribution in [1.29, 1.82) is 0 Å². The molecule has 1 saturated carbocycles. The summed E-state index contributed by atoms with van der Waals surface area (Å²) >= 11 is 9.13. The fourth-order valence-corrected chi connectivity index (χ4v) is 4.97. The molecule has 0 aliphatic heterocycles. The highest BCUT2D eigenvalue weighted by Gasteiger charge is 2.13. The predicted molar refractivity (Wildman–Crippen MR) is 129 cm³/mol. The highest BCUT2D eigenvalue weighted by Crippen LogP contribution is 2.34. The van der Waals surface area contributed by atoms with E-state index >= 15 is 0 Å². The summed E-state index contributed by atoms with van der Waals surface area (Å²) in [5, 5.41) is 7.42. The summed E-state index contributed by atoms with van der Waals surface area (Å²) in [6.45, 7) is 1.69. The van der Waals surface area contributed by atoms with Crippen molar-refractivity contribution in [3.05, 3.63) is 44.6 Å². The van der Waals surface area contributed by atoms with Gasteiger partial charge in [0.25, 0.3) is 0 Å². The normalized spacial score (nSPS) is 14.0. The van der Waals surface area contributed by atoms with E-state index < -0.39 is 6.61 Å². The van der Waals surface area contributed by atoms with Gasteiger partial charge in [-0.25, -0.2) is 4.98 Å². The molecule has 4 nitrogen and oxygen atoms in total. The lowest BCUT2D eigenvalue weighted by molar-refractivity contribution is -0.136. The molecule has 0 aromatic carbocycles. The average molecular weight is 490 g/mol. The van der Waals surface area contributed by atoms with Crippen molar-refractivity contribution >= 4 is 50.2 Å². The number of nitrogens with two attached hydrogens (primary N) is 1. The van der Waals surface area contributed by atoms with Crippen LogP contribution in [0.25, 0.3) is 10.2 Å². The average Bonchev–Trinajstić information content (AvgIpc) is 3.43. The molecule has 9 heteroatoms. The standard InChI is InChI=1S/C14H11ClF2N2OS2.C6H13N.C2H6/c15-11-4-10(18-5-9-2-1-3-21-9)13-12(19-11)8(7-22-13)6-20-14(16)17;7-6-4-2-1-3-5-6;1-2/h1-4,7,14H,5-6H2,(H,18,19);6H,1-5,7H2;1-2H3. The molecule has 3 aromatic rings. The Labute approximate surface area is 195 Å². The maximum Gasteiger partial charge on any atom is 0.345 e. The van der Waals surface area contributed by atoms with Crippen LogP contribution in [-0.2, 0) is 17.9 Å². The largest absolute Gasteiger partial charge is 0.379 e. The van der Waals surface area contributed by atoms with Gasteiger partial charge in [-0.2, -0.15) is 8.78 Å². The zero-order valence-electron chi connectivity index (χ0n) is 17.9. The Bertz CT molecular complexity index is 884. The Morgan fingerprint density at radius 2 is 2.00 bits per heavy atom. The quantitative estimate of drug-likeness (QED) is 0.349. The van der Waals surface area contributed by atoms with Crippen LogP contribution in [0.4, 0.5) is 14.5 Å². The number of rotatable bonds is 6. The maximum absolute atomic E-state index is 12.2. The number of nitrogens with zero attached hydrogens (tertiary/aromatic N) is 1. The van der Waals surface area contributed by atoms with Gasteiger partial charge in [-0.3, -0.25) is 0 Å². The molecular formula is C22H30ClF2N3OS2. The molecule has 31 heavy (non-hydrogen) atoms. The Hall–Kier alpha value is -1.32. The van der Waals surface area contributed by atoms with E-state index in [0.717, 1.165) is 10.4 Å². The first kappa shape index (κ1) is 25.9. The van der Waals surface area contributed by atoms with Gasteiger partial charge in [0.1, 0.15) is 5.15 Å². The smallest absolute Gasteiger partial charge is 0.345 e. The second-order valence-corrected chi connectivity index (χ2v) is 9.13. The monoisotopic (exact) mass is 489 g/mol. The number of halogens is 3. The lowest BCUT2D eigenvalue weighted by Gasteiger charge is -2.15. The molecule has 0 saturated heterocycles. The van der Waals surface area contributed by atoms with Gasteiger partial charge in [-0.15, -0.1) is 22.7 Å². The molecule has 0 radical (unpaired) electrons. The van der Waals surface area contributed by atoms with Crippen molar-refractivity contribution in [3.8, 4) is 0 Å². The molecule has 1 aliphatic carbocycles. The lowest BCUT2D eigenvalue weighted by atomic mass is 9.97. The summed E-state index contributed by atoms with van der Waals surface area (Å²) in [7, 11) is 0. The van der Waals surface area contributed by atoms with Gasteiger partial charge < -0.3 is 15.8 Å². The highest BCUT2D eigenvalue weighted by atomic mass is 35.5. The molecule has 172 valence electrons. The number of thiophene rings is 2. The number of hydrogen-bond donors (Lipinski definition) is 2. The van der Waals surface area contributed by atoms with Gasteiger partial charge in [0.2, 0.25) is 0 Å². The summed E-state index contributed by atoms with van der Waals surface area (Å²) in [5.41, 5.74) is 7.70. The minimum atomic E-state index is -2.80. The molecule has 3 aromatic heterocycles. The number of alkyl halides is 2. The van der Waals surface area contributed by atoms with Crippen molar-refractivity contribution < 1.29 is 13.5 Å². The number of ether oxygens (including phenoxy) is 1. The van der Waals surface area contributed by atoms with E-state index in [1.807, 2.05) is 31.4 Å². The fourth-order valence-electron chi connectivity index (χ4n) is 3.14. The lowest BCUT2D eigenvalue weighted by Crippen LogP contribution is -2.22. The molecule has 4 rings (SSSR count). The van der Waals surface area contributed by atoms with E-state index in [-0.39, 0.29) is 6.61 Å². The third-order valence-corrected chi connectivity index (χ3v) is 6.73. The minimum absolute atomic E-state index is 0.185. The van der Waals surface area contributed by atoms with Crippen molar-refractivity contribution in [3.63, 3.8) is 0 Å². The van der Waals surface area contributed by atoms with Crippen LogP contribution in [0.1, 0.15) is 56.4 Å². The van der Waals surface area contributed by atoms with Crippen LogP contribution >= 0.6 is 34.3 Å². The Balaban J connectivity index is 0.000000319. The number of anilines is 1. The van der Waals surface area contributed by atoms with Gasteiger partial charge in [0.15, 0.2) is 0 Å². The first-order chi connectivity index (χ1) is 15.0. The summed E-state index contributed by atoms with van der Waals surface area (Å²) in [4.78, 5) is 5.43. The van der Waals surface area contributed by atoms with E-state index in [1.165, 1.54) is 48.3 Å². The van der Waals surface area contributed by atoms with Crippen molar-refractivity contribution in [2.24, 2.45) is 5.73 Å². The third-order valence-electron chi connectivity index (χ3n) is 4.61. The summed E-state index contributed by atoms with van der Waals surface area (Å²) in [5.74, 6) is 0. The summed E-state index contributed by atoms with van der Waals surface area (Å²) in [6.07, 6.45) is 6.66. The molecule has 3 N–H and O–H groups in total. The van der Waals surface area contributed by atoms with Crippen LogP contribution < -0.4 is 11.1 Å². The van der Waals surface area contributed by atoms with Crippen LogP contribution in [-0.4, -0.2) is 17.6 Å². The van der Waals surface area contributed by atoms with Gasteiger partial charge in [0, 0.05) is 29.1 Å². The molecule has 3 heterocycles. The molecule has 1 aliphatic rings. The topological polar surface area (TPSA) is 60.2 Å². The van der Waals surface area contributed by atoms with E-state index in [0.29, 0.717) is 28.8 Å². The first-order valence-corrected chi connectivity index (χ1v) is 12.6. The summed E-state index contributed by atoms with van der Waals surface area (Å²) < 4.78 is 29.6. The van der Waals surface area contributed by atoms with E-state index in [1.54, 1.807) is 22.8 Å². The van der Waals surface area contributed by atoms with E-state index in [2.05, 4.69) is 15.0 Å². The van der Waals surface area contributed by atoms with E-state index in [4.69, 9.17) is 17.3 Å². The number of nitrogens with one attached hydrogen (secondary N) is 1. The molecule has 0 unspecified atom stereocenters. The SMILES string of the molecule is CC.FC(F)OCc1csc2c(NCc3cccs3)cc(Cl)nc12.NC1CCCCC1. The Kier molecular flexibility index (Phi) is 11.7. The van der Waals surface area contributed by atoms with Crippen LogP contribution in [0.3, 0.4) is 0 Å². The zero-order chi connectivity index (χ0) is 22.6. The van der Waals surface area contributed by atoms with Crippen LogP contribution in [0.5, 0.6) is 0 Å². The number of fused-ring (bicyclic) bond motifs is 1. The van der Waals surface area contributed by atoms with Crippen LogP contribution in [0.15, 0.2) is 29.0 Å². The van der Waals surface area contributed by atoms with Gasteiger partial charge in [-0.05, 0) is 29.7 Å². The number of pyridine rings is 1. The third kappa shape index (κ3) is 8.61. The van der Waals surface area contributed by atoms with Gasteiger partial charge >= 0.3 is 6.61 Å². The van der Waals surface area contributed by atoms with Gasteiger partial charge in [-0.1, -0.05) is 50.8 Å². The highest BCUT2D eigenvalue weighted by molar-refractivity contribution is 7.18. The number of hydrogen-bond acceptors (Lipinski definition) is 6. The van der Waals surface area contributed by atoms with Crippen molar-refractivity contribution in [2.75, 3.05) is 5.32 Å². The molecule has 0 amide bonds. The number of aromatic nitrogens is 1. The predicted octanol–water partition coefficient (Wildman–Crippen LogP) is 7.67. The molecule has 0 bridgehead atoms. The maximum atomic E-state index is 12.2. The second-order valence-electron chi connectivity index (χ2n) is 6.83. The zero-order valence-corrected chi connectivity index (χ0v) is 20.3. The van der Waals surface area contributed by atoms with Crippen LogP contribution in [0, 0.1) is 0 Å². The molecular weight excluding hydrogens is 460 g/mol. The first-order valence-electron chi connectivity index (χ1n) is 10.5. The fraction of sp³-hybridized carbons (Fsp3) is 0.500. The minimum Gasteiger partial charge on any atom is -0.379 e. The van der Waals surface area contributed by atoms with E-state index in [9.17, 15) is 8.78 Å². The van der Waals surface area contributed by atoms with Gasteiger partial charge in [0.05, 0.1) is 22.5 Å². The van der Waals surface area contributed by atoms with Crippen molar-refractivity contribution in [1.82, 2.24) is 4.98 Å². The van der Waals surface area contributed by atoms with Crippen molar-refractivity contribution in [2.45, 2.75) is 71.8 Å². The Morgan fingerprint density at radius 3 is 2.58 bits per heavy atom. The van der Waals surface area contributed by atoms with Crippen LogP contribution in [0.2, 0.25) is 5.15 Å². The summed E-state index contributed by atoms with van der Waals surface area (Å²) in [6, 6.07) is 6.30. The molecule has 1 fully saturated rings.